The molecule has 260 valence electrons. The summed E-state index contributed by atoms with van der Waals surface area (Å²) in [5.41, 5.74) is 17.9. The molecule has 0 amide bonds. The Kier molecular flexibility index (Phi) is 6.34. The minimum absolute atomic E-state index is 0.0939. The van der Waals surface area contributed by atoms with Gasteiger partial charge in [0.25, 0.3) is 0 Å². The van der Waals surface area contributed by atoms with Crippen molar-refractivity contribution in [2.45, 2.75) is 50.4 Å². The van der Waals surface area contributed by atoms with Crippen LogP contribution in [0.1, 0.15) is 61.8 Å². The van der Waals surface area contributed by atoms with Crippen molar-refractivity contribution in [2.24, 2.45) is 11.8 Å². The van der Waals surface area contributed by atoms with E-state index in [4.69, 9.17) is 0 Å². The molecule has 3 unspecified atom stereocenters. The first-order valence-corrected chi connectivity index (χ1v) is 20.6. The van der Waals surface area contributed by atoms with Crippen LogP contribution in [0.25, 0.3) is 53.6 Å². The number of hydrogen-bond donors (Lipinski definition) is 0. The Morgan fingerprint density at radius 2 is 1.24 bits per heavy atom. The monoisotopic (exact) mass is 711 g/mol. The number of fused-ring (bicyclic) bond motifs is 14. The normalized spacial score (nSPS) is 21.1. The van der Waals surface area contributed by atoms with Crippen molar-refractivity contribution in [1.82, 2.24) is 0 Å². The van der Waals surface area contributed by atoms with E-state index in [1.807, 2.05) is 11.3 Å². The number of hydrogen-bond acceptors (Lipinski definition) is 2. The molecule has 3 atom stereocenters. The number of rotatable bonds is 4. The number of thiophene rings is 1. The third-order valence-corrected chi connectivity index (χ3v) is 15.0. The fourth-order valence-corrected chi connectivity index (χ4v) is 12.9. The minimum Gasteiger partial charge on any atom is -0.310 e. The molecule has 1 spiro atoms. The van der Waals surface area contributed by atoms with Crippen molar-refractivity contribution in [3.8, 4) is 33.4 Å². The van der Waals surface area contributed by atoms with E-state index < -0.39 is 0 Å². The molecule has 1 nitrogen and oxygen atoms in total. The predicted molar refractivity (Wildman–Crippen MR) is 229 cm³/mol. The molecule has 2 heteroatoms. The highest BCUT2D eigenvalue weighted by Crippen LogP contribution is 2.66. The van der Waals surface area contributed by atoms with Crippen LogP contribution in [0, 0.1) is 11.8 Å². The van der Waals surface area contributed by atoms with Gasteiger partial charge >= 0.3 is 0 Å². The Balaban J connectivity index is 1.10. The Hall–Kier alpha value is -5.44. The largest absolute Gasteiger partial charge is 0.310 e. The van der Waals surface area contributed by atoms with E-state index >= 15 is 0 Å². The van der Waals surface area contributed by atoms with Crippen molar-refractivity contribution in [1.29, 1.82) is 0 Å². The molecule has 1 aromatic heterocycles. The van der Waals surface area contributed by atoms with Gasteiger partial charge < -0.3 is 4.90 Å². The summed E-state index contributed by atoms with van der Waals surface area (Å²) < 4.78 is 2.66. The van der Waals surface area contributed by atoms with Gasteiger partial charge in [0.2, 0.25) is 0 Å². The van der Waals surface area contributed by atoms with Crippen LogP contribution in [0.2, 0.25) is 0 Å². The fraction of sp³-hybridized carbons (Fsp3) is 0.192. The summed E-state index contributed by atoms with van der Waals surface area (Å²) in [6.45, 7) is 4.79. The minimum atomic E-state index is -0.0939. The summed E-state index contributed by atoms with van der Waals surface area (Å²) >= 11 is 1.90. The van der Waals surface area contributed by atoms with E-state index in [0.717, 1.165) is 5.92 Å². The summed E-state index contributed by atoms with van der Waals surface area (Å²) in [4.78, 5) is 2.58. The van der Waals surface area contributed by atoms with Crippen LogP contribution in [-0.4, -0.2) is 0 Å². The van der Waals surface area contributed by atoms with Crippen molar-refractivity contribution in [3.63, 3.8) is 0 Å². The molecule has 0 saturated heterocycles. The lowest BCUT2D eigenvalue weighted by atomic mass is 9.67. The van der Waals surface area contributed by atoms with Crippen LogP contribution in [0.5, 0.6) is 0 Å². The molecule has 4 aliphatic carbocycles. The molecule has 1 heterocycles. The number of anilines is 3. The molecular weight excluding hydrogens is 671 g/mol. The predicted octanol–water partition coefficient (Wildman–Crippen LogP) is 14.6. The van der Waals surface area contributed by atoms with Gasteiger partial charge in [0.1, 0.15) is 0 Å². The zero-order valence-electron chi connectivity index (χ0n) is 30.8. The van der Waals surface area contributed by atoms with Gasteiger partial charge in [-0.3, -0.25) is 0 Å². The maximum Gasteiger partial charge on any atom is 0.0554 e. The summed E-state index contributed by atoms with van der Waals surface area (Å²) in [5, 5.41) is 2.66. The van der Waals surface area contributed by atoms with E-state index in [2.05, 4.69) is 170 Å². The van der Waals surface area contributed by atoms with Gasteiger partial charge in [0.15, 0.2) is 0 Å². The summed E-state index contributed by atoms with van der Waals surface area (Å²) in [6, 6.07) is 57.9. The molecule has 8 aromatic rings. The van der Waals surface area contributed by atoms with Crippen LogP contribution < -0.4 is 4.90 Å². The summed E-state index contributed by atoms with van der Waals surface area (Å²) in [7, 11) is 0. The van der Waals surface area contributed by atoms with Gasteiger partial charge in [0, 0.05) is 42.4 Å². The second-order valence-corrected chi connectivity index (χ2v) is 17.9. The van der Waals surface area contributed by atoms with E-state index in [-0.39, 0.29) is 10.8 Å². The van der Waals surface area contributed by atoms with Crippen molar-refractivity contribution < 1.29 is 0 Å². The highest BCUT2D eigenvalue weighted by molar-refractivity contribution is 7.26. The average Bonchev–Trinajstić information content (AvgIpc) is 4.03. The quantitative estimate of drug-likeness (QED) is 0.176. The Morgan fingerprint density at radius 1 is 0.556 bits per heavy atom. The number of benzene rings is 7. The summed E-state index contributed by atoms with van der Waals surface area (Å²) in [6.07, 6.45) is 5.38. The topological polar surface area (TPSA) is 3.24 Å². The molecule has 7 aromatic carbocycles. The van der Waals surface area contributed by atoms with E-state index in [0.29, 0.717) is 5.92 Å². The van der Waals surface area contributed by atoms with Gasteiger partial charge in [-0.1, -0.05) is 129 Å². The molecule has 0 aliphatic heterocycles. The average molecular weight is 712 g/mol. The lowest BCUT2D eigenvalue weighted by molar-refractivity contribution is 0.327. The molecule has 2 fully saturated rings. The lowest BCUT2D eigenvalue weighted by Crippen LogP contribution is -2.32. The van der Waals surface area contributed by atoms with Gasteiger partial charge in [0.05, 0.1) is 5.69 Å². The first-order chi connectivity index (χ1) is 26.5. The lowest BCUT2D eigenvalue weighted by Gasteiger charge is -2.37. The van der Waals surface area contributed by atoms with E-state index in [1.54, 1.807) is 11.1 Å². The second-order valence-electron chi connectivity index (χ2n) is 16.9. The molecule has 4 aliphatic rings. The Morgan fingerprint density at radius 3 is 2.09 bits per heavy atom. The fourth-order valence-electron chi connectivity index (χ4n) is 11.8. The maximum atomic E-state index is 2.61. The van der Waals surface area contributed by atoms with Gasteiger partial charge in [-0.15, -0.1) is 11.3 Å². The molecule has 2 saturated carbocycles. The van der Waals surface area contributed by atoms with E-state index in [9.17, 15) is 0 Å². The molecule has 0 radical (unpaired) electrons. The van der Waals surface area contributed by atoms with Gasteiger partial charge in [-0.25, -0.2) is 0 Å². The molecule has 12 rings (SSSR count). The van der Waals surface area contributed by atoms with Crippen LogP contribution in [-0.2, 0) is 10.8 Å². The van der Waals surface area contributed by atoms with Gasteiger partial charge in [-0.2, -0.15) is 0 Å². The molecule has 2 bridgehead atoms. The molecular formula is C52H41NS. The number of nitrogens with zero attached hydrogens (tertiary/aromatic N) is 1. The van der Waals surface area contributed by atoms with Crippen LogP contribution in [0.3, 0.4) is 0 Å². The van der Waals surface area contributed by atoms with Crippen molar-refractivity contribution in [3.05, 3.63) is 174 Å². The standard InChI is InChI=1S/C52H41NS/c1-51(2)43-19-6-3-15-39(43)41-18-10-17-37(50(41)51)33-12-9-13-35(29-33)53(46-21-11-23-48-49(46)42-16-5-8-22-47(42)54-48)36-26-27-40-38-14-4-7-20-44(38)52(45(40)30-36)31-32-24-25-34(52)28-32/h3-23,26-27,29-30,32,34H,24-25,28,31H2,1-2H3. The molecule has 0 N–H and O–H groups in total. The highest BCUT2D eigenvalue weighted by Gasteiger charge is 2.56. The van der Waals surface area contributed by atoms with E-state index in [1.165, 1.54) is 107 Å². The first kappa shape index (κ1) is 31.0. The maximum absolute atomic E-state index is 2.61. The van der Waals surface area contributed by atoms with Crippen molar-refractivity contribution >= 4 is 48.6 Å². The SMILES string of the molecule is CC1(C)c2ccccc2-c2cccc(-c3cccc(N(c4ccc5c(c4)C4(CC6CCC4C6)c4ccccc4-5)c4cccc5sc6ccccc6c45)c3)c21. The molecule has 54 heavy (non-hydrogen) atoms. The summed E-state index contributed by atoms with van der Waals surface area (Å²) in [5.74, 6) is 1.55. The van der Waals surface area contributed by atoms with Gasteiger partial charge in [-0.05, 0) is 129 Å². The Bertz CT molecular complexity index is 2860. The Labute approximate surface area is 321 Å². The zero-order chi connectivity index (χ0) is 35.8. The van der Waals surface area contributed by atoms with Crippen LogP contribution in [0.15, 0.2) is 152 Å². The third-order valence-electron chi connectivity index (χ3n) is 13.9. The highest BCUT2D eigenvalue weighted by atomic mass is 32.1. The van der Waals surface area contributed by atoms with Crippen LogP contribution >= 0.6 is 11.3 Å². The van der Waals surface area contributed by atoms with Crippen LogP contribution in [0.4, 0.5) is 17.1 Å². The zero-order valence-corrected chi connectivity index (χ0v) is 31.6. The third kappa shape index (κ3) is 4.05. The first-order valence-electron chi connectivity index (χ1n) is 19.8. The van der Waals surface area contributed by atoms with Crippen molar-refractivity contribution in [2.75, 3.05) is 4.90 Å². The smallest absolute Gasteiger partial charge is 0.0554 e. The second kappa shape index (κ2) is 11.1.